The zero-order chi connectivity index (χ0) is 15.4. The summed E-state index contributed by atoms with van der Waals surface area (Å²) in [5.74, 6) is -0.511. The largest absolute Gasteiger partial charge is 0.480 e. The van der Waals surface area contributed by atoms with Gasteiger partial charge in [-0.15, -0.1) is 0 Å². The minimum absolute atomic E-state index is 0.0524. The highest BCUT2D eigenvalue weighted by Gasteiger charge is 2.37. The molecule has 1 aromatic heterocycles. The highest BCUT2D eigenvalue weighted by Crippen LogP contribution is 2.32. The number of hydrogen-bond donors (Lipinski definition) is 2. The zero-order valence-electron chi connectivity index (χ0n) is 12.5. The van der Waals surface area contributed by atoms with Gasteiger partial charge in [-0.05, 0) is 44.0 Å². The van der Waals surface area contributed by atoms with Gasteiger partial charge in [0, 0.05) is 0 Å². The van der Waals surface area contributed by atoms with Crippen molar-refractivity contribution in [2.75, 3.05) is 13.1 Å². The van der Waals surface area contributed by atoms with Crippen LogP contribution in [0.25, 0.3) is 0 Å². The number of furan rings is 1. The number of aliphatic carboxylic acids is 1. The fraction of sp³-hybridized carbons (Fsp3) is 0.600. The van der Waals surface area contributed by atoms with Gasteiger partial charge in [0.1, 0.15) is 11.8 Å². The van der Waals surface area contributed by atoms with Crippen molar-refractivity contribution >= 4 is 11.9 Å². The predicted molar refractivity (Wildman–Crippen MR) is 76.9 cm³/mol. The lowest BCUT2D eigenvalue weighted by atomic mass is 10.2. The molecule has 0 spiro atoms. The Morgan fingerprint density at radius 2 is 2.05 bits per heavy atom. The van der Waals surface area contributed by atoms with E-state index in [0.717, 1.165) is 25.9 Å². The number of rotatable bonds is 8. The van der Waals surface area contributed by atoms with E-state index in [1.165, 1.54) is 0 Å². The summed E-state index contributed by atoms with van der Waals surface area (Å²) in [5.41, 5.74) is 0. The van der Waals surface area contributed by atoms with E-state index in [9.17, 15) is 9.59 Å². The molecule has 0 saturated heterocycles. The maximum Gasteiger partial charge on any atom is 0.326 e. The molecule has 0 aliphatic heterocycles. The fourth-order valence-corrected chi connectivity index (χ4v) is 2.28. The summed E-state index contributed by atoms with van der Waals surface area (Å²) in [7, 11) is 0. The number of nitrogens with zero attached hydrogens (tertiary/aromatic N) is 1. The molecule has 0 aromatic carbocycles. The first-order chi connectivity index (χ1) is 10.0. The van der Waals surface area contributed by atoms with Crippen molar-refractivity contribution in [2.45, 2.75) is 39.3 Å². The van der Waals surface area contributed by atoms with Gasteiger partial charge >= 0.3 is 5.97 Å². The third kappa shape index (κ3) is 4.07. The van der Waals surface area contributed by atoms with Crippen LogP contribution in [0, 0.1) is 5.92 Å². The molecule has 2 rings (SSSR count). The van der Waals surface area contributed by atoms with E-state index in [-0.39, 0.29) is 11.7 Å². The Bertz CT molecular complexity index is 504. The van der Waals surface area contributed by atoms with Gasteiger partial charge in [0.2, 0.25) is 0 Å². The van der Waals surface area contributed by atoms with Crippen LogP contribution >= 0.6 is 0 Å². The summed E-state index contributed by atoms with van der Waals surface area (Å²) in [6.45, 7) is 6.58. The van der Waals surface area contributed by atoms with E-state index in [2.05, 4.69) is 24.1 Å². The summed E-state index contributed by atoms with van der Waals surface area (Å²) in [4.78, 5) is 25.3. The average Bonchev–Trinajstić information content (AvgIpc) is 3.19. The van der Waals surface area contributed by atoms with Gasteiger partial charge in [0.15, 0.2) is 5.76 Å². The highest BCUT2D eigenvalue weighted by atomic mass is 16.4. The summed E-state index contributed by atoms with van der Waals surface area (Å²) < 4.78 is 5.51. The second-order valence-corrected chi connectivity index (χ2v) is 5.35. The molecule has 1 unspecified atom stereocenters. The Balaban J connectivity index is 1.96. The van der Waals surface area contributed by atoms with Gasteiger partial charge < -0.3 is 14.8 Å². The van der Waals surface area contributed by atoms with Crippen LogP contribution in [0.1, 0.15) is 43.0 Å². The smallest absolute Gasteiger partial charge is 0.326 e. The molecule has 1 aromatic rings. The van der Waals surface area contributed by atoms with Crippen molar-refractivity contribution in [1.29, 1.82) is 0 Å². The lowest BCUT2D eigenvalue weighted by Crippen LogP contribution is -2.42. The maximum atomic E-state index is 12.0. The normalized spacial score (nSPS) is 16.0. The molecule has 2 N–H and O–H groups in total. The van der Waals surface area contributed by atoms with E-state index < -0.39 is 17.9 Å². The topological polar surface area (TPSA) is 82.8 Å². The van der Waals surface area contributed by atoms with E-state index in [0.29, 0.717) is 12.3 Å². The Morgan fingerprint density at radius 3 is 2.57 bits per heavy atom. The van der Waals surface area contributed by atoms with Crippen molar-refractivity contribution in [3.05, 3.63) is 23.7 Å². The number of amides is 1. The number of hydrogen-bond acceptors (Lipinski definition) is 4. The fourth-order valence-electron chi connectivity index (χ4n) is 2.28. The van der Waals surface area contributed by atoms with Crippen molar-refractivity contribution in [3.8, 4) is 0 Å². The Labute approximate surface area is 124 Å². The molecule has 0 bridgehead atoms. The molecule has 0 radical (unpaired) electrons. The van der Waals surface area contributed by atoms with Crippen LogP contribution in [0.4, 0.5) is 0 Å². The third-order valence-electron chi connectivity index (χ3n) is 3.81. The van der Waals surface area contributed by atoms with Gasteiger partial charge in [0.05, 0.1) is 6.54 Å². The molecule has 1 fully saturated rings. The number of carbonyl (C=O) groups is 2. The van der Waals surface area contributed by atoms with Gasteiger partial charge in [0.25, 0.3) is 5.91 Å². The standard InChI is InChI=1S/C15H22N2O4/c1-3-17(4-2)9-11-7-8-12(21-11)14(18)16-13(15(19)20)10-5-6-10/h7-8,10,13H,3-6,9H2,1-2H3,(H,16,18)(H,19,20). The van der Waals surface area contributed by atoms with Crippen molar-refractivity contribution in [1.82, 2.24) is 10.2 Å². The van der Waals surface area contributed by atoms with E-state index in [1.54, 1.807) is 12.1 Å². The van der Waals surface area contributed by atoms with E-state index in [1.807, 2.05) is 0 Å². The molecular formula is C15H22N2O4. The molecule has 1 amide bonds. The SMILES string of the molecule is CCN(CC)Cc1ccc(C(=O)NC(C(=O)O)C2CC2)o1. The zero-order valence-corrected chi connectivity index (χ0v) is 12.5. The Hall–Kier alpha value is -1.82. The highest BCUT2D eigenvalue weighted by molar-refractivity contribution is 5.94. The van der Waals surface area contributed by atoms with Crippen molar-refractivity contribution < 1.29 is 19.1 Å². The van der Waals surface area contributed by atoms with E-state index in [4.69, 9.17) is 9.52 Å². The summed E-state index contributed by atoms with van der Waals surface area (Å²) >= 11 is 0. The number of nitrogens with one attached hydrogen (secondary N) is 1. The first-order valence-corrected chi connectivity index (χ1v) is 7.39. The predicted octanol–water partition coefficient (Wildman–Crippen LogP) is 1.71. The van der Waals surface area contributed by atoms with E-state index >= 15 is 0 Å². The third-order valence-corrected chi connectivity index (χ3v) is 3.81. The van der Waals surface area contributed by atoms with Crippen molar-refractivity contribution in [2.24, 2.45) is 5.92 Å². The van der Waals surface area contributed by atoms with Crippen LogP contribution in [0.2, 0.25) is 0 Å². The first-order valence-electron chi connectivity index (χ1n) is 7.39. The van der Waals surface area contributed by atoms with Crippen LogP contribution in [0.15, 0.2) is 16.5 Å². The van der Waals surface area contributed by atoms with Crippen LogP contribution in [0.5, 0.6) is 0 Å². The average molecular weight is 294 g/mol. The Morgan fingerprint density at radius 1 is 1.38 bits per heavy atom. The maximum absolute atomic E-state index is 12.0. The Kier molecular flexibility index (Phi) is 5.01. The van der Waals surface area contributed by atoms with Gasteiger partial charge in [-0.25, -0.2) is 4.79 Å². The first kappa shape index (κ1) is 15.6. The molecule has 1 aliphatic rings. The lowest BCUT2D eigenvalue weighted by molar-refractivity contribution is -0.139. The molecule has 6 nitrogen and oxygen atoms in total. The number of carbonyl (C=O) groups excluding carboxylic acids is 1. The minimum atomic E-state index is -0.985. The molecule has 1 heterocycles. The summed E-state index contributed by atoms with van der Waals surface area (Å²) in [5, 5.41) is 11.7. The van der Waals surface area contributed by atoms with Gasteiger partial charge in [-0.1, -0.05) is 13.8 Å². The summed E-state index contributed by atoms with van der Waals surface area (Å²) in [6, 6.07) is 2.55. The molecule has 1 saturated carbocycles. The van der Waals surface area contributed by atoms with Crippen LogP contribution in [0.3, 0.4) is 0 Å². The molecule has 6 heteroatoms. The van der Waals surface area contributed by atoms with Crippen LogP contribution < -0.4 is 5.32 Å². The second kappa shape index (κ2) is 6.76. The molecule has 1 aliphatic carbocycles. The number of carboxylic acids is 1. The molecule has 1 atom stereocenters. The molecule has 116 valence electrons. The molecule has 21 heavy (non-hydrogen) atoms. The van der Waals surface area contributed by atoms with Gasteiger partial charge in [-0.3, -0.25) is 9.69 Å². The van der Waals surface area contributed by atoms with Crippen LogP contribution in [-0.4, -0.2) is 41.0 Å². The van der Waals surface area contributed by atoms with Crippen molar-refractivity contribution in [3.63, 3.8) is 0 Å². The summed E-state index contributed by atoms with van der Waals surface area (Å²) in [6.07, 6.45) is 1.70. The quantitative estimate of drug-likeness (QED) is 0.762. The number of carboxylic acid groups (broad SMARTS) is 1. The lowest BCUT2D eigenvalue weighted by Gasteiger charge is -2.16. The minimum Gasteiger partial charge on any atom is -0.480 e. The van der Waals surface area contributed by atoms with Crippen LogP contribution in [-0.2, 0) is 11.3 Å². The van der Waals surface area contributed by atoms with Gasteiger partial charge in [-0.2, -0.15) is 0 Å². The second-order valence-electron chi connectivity index (χ2n) is 5.35. The monoisotopic (exact) mass is 294 g/mol. The molecular weight excluding hydrogens is 272 g/mol.